The van der Waals surface area contributed by atoms with Gasteiger partial charge in [0.15, 0.2) is 6.61 Å². The highest BCUT2D eigenvalue weighted by atomic mass is 79.9. The van der Waals surface area contributed by atoms with Gasteiger partial charge in [-0.25, -0.2) is 10.2 Å². The van der Waals surface area contributed by atoms with E-state index in [4.69, 9.17) is 9.47 Å². The van der Waals surface area contributed by atoms with E-state index in [1.165, 1.54) is 6.21 Å². The molecule has 0 radical (unpaired) electrons. The molecule has 0 saturated heterocycles. The molecule has 1 heterocycles. The number of ether oxygens (including phenoxy) is 2. The molecule has 0 aliphatic heterocycles. The Labute approximate surface area is 223 Å². The molecule has 3 aromatic carbocycles. The molecule has 7 nitrogen and oxygen atoms in total. The quantitative estimate of drug-likeness (QED) is 0.157. The second kappa shape index (κ2) is 12.2. The first-order valence-corrected chi connectivity index (χ1v) is 12.5. The van der Waals surface area contributed by atoms with Gasteiger partial charge in [0, 0.05) is 16.9 Å². The summed E-state index contributed by atoms with van der Waals surface area (Å²) in [7, 11) is 0. The highest BCUT2D eigenvalue weighted by Crippen LogP contribution is 2.27. The summed E-state index contributed by atoms with van der Waals surface area (Å²) in [5.74, 6) is -0.248. The Hall–Kier alpha value is -4.17. The summed E-state index contributed by atoms with van der Waals surface area (Å²) in [5, 5.41) is 4.06. The van der Waals surface area contributed by atoms with Crippen LogP contribution >= 0.6 is 15.9 Å². The van der Waals surface area contributed by atoms with E-state index < -0.39 is 5.97 Å². The fourth-order valence-electron chi connectivity index (χ4n) is 3.76. The number of aromatic nitrogens is 1. The van der Waals surface area contributed by atoms with Crippen molar-refractivity contribution in [1.82, 2.24) is 9.99 Å². The van der Waals surface area contributed by atoms with E-state index in [0.29, 0.717) is 22.4 Å². The van der Waals surface area contributed by atoms with Gasteiger partial charge in [-0.1, -0.05) is 30.3 Å². The van der Waals surface area contributed by atoms with E-state index >= 15 is 0 Å². The van der Waals surface area contributed by atoms with Crippen LogP contribution in [0.4, 0.5) is 0 Å². The lowest BCUT2D eigenvalue weighted by Crippen LogP contribution is -2.17. The van der Waals surface area contributed by atoms with Crippen LogP contribution in [0, 0.1) is 6.92 Å². The Morgan fingerprint density at radius 2 is 1.76 bits per heavy atom. The molecule has 0 fully saturated rings. The summed E-state index contributed by atoms with van der Waals surface area (Å²) in [6.07, 6.45) is 1.53. The second-order valence-electron chi connectivity index (χ2n) is 8.09. The van der Waals surface area contributed by atoms with Crippen molar-refractivity contribution in [3.8, 4) is 22.7 Å². The van der Waals surface area contributed by atoms with Crippen molar-refractivity contribution in [3.63, 3.8) is 0 Å². The maximum atomic E-state index is 12.6. The summed E-state index contributed by atoms with van der Waals surface area (Å²) >= 11 is 3.41. The van der Waals surface area contributed by atoms with Crippen molar-refractivity contribution in [3.05, 3.63) is 106 Å². The lowest BCUT2D eigenvalue weighted by molar-refractivity contribution is -0.145. The number of hydrazone groups is 1. The minimum absolute atomic E-state index is 0.174. The maximum absolute atomic E-state index is 12.6. The van der Waals surface area contributed by atoms with Gasteiger partial charge in [-0.3, -0.25) is 4.79 Å². The smallest absolute Gasteiger partial charge is 0.344 e. The Balaban J connectivity index is 1.39. The first-order valence-electron chi connectivity index (χ1n) is 11.7. The van der Waals surface area contributed by atoms with Gasteiger partial charge < -0.3 is 14.0 Å². The van der Waals surface area contributed by atoms with Gasteiger partial charge in [-0.2, -0.15) is 5.10 Å². The number of carbonyl (C=O) groups excluding carboxylic acids is 2. The SMILES string of the molecule is CCOC(=O)COc1ccc(/C=N/NC(=O)c2ccc(-n3c(C)ccc3-c3ccccc3)cc2)cc1Br. The third-order valence-electron chi connectivity index (χ3n) is 5.52. The molecule has 0 spiro atoms. The van der Waals surface area contributed by atoms with Gasteiger partial charge in [0.1, 0.15) is 5.75 Å². The van der Waals surface area contributed by atoms with E-state index in [9.17, 15) is 9.59 Å². The fourth-order valence-corrected chi connectivity index (χ4v) is 4.27. The third kappa shape index (κ3) is 6.54. The minimum atomic E-state index is -0.434. The van der Waals surface area contributed by atoms with Crippen molar-refractivity contribution in [2.24, 2.45) is 5.10 Å². The molecule has 4 aromatic rings. The van der Waals surface area contributed by atoms with E-state index in [2.05, 4.69) is 62.2 Å². The molecule has 1 aromatic heterocycles. The van der Waals surface area contributed by atoms with Gasteiger partial charge in [-0.05, 0) is 95.5 Å². The van der Waals surface area contributed by atoms with E-state index in [0.717, 1.165) is 28.2 Å². The monoisotopic (exact) mass is 559 g/mol. The molecule has 0 aliphatic carbocycles. The van der Waals surface area contributed by atoms with Gasteiger partial charge in [-0.15, -0.1) is 0 Å². The number of rotatable bonds is 9. The number of amides is 1. The molecular formula is C29H26BrN3O4. The topological polar surface area (TPSA) is 81.9 Å². The van der Waals surface area contributed by atoms with Crippen molar-refractivity contribution in [2.75, 3.05) is 13.2 Å². The Kier molecular flexibility index (Phi) is 8.53. The fraction of sp³-hybridized carbons (Fsp3) is 0.138. The average Bonchev–Trinajstić information content (AvgIpc) is 3.30. The van der Waals surface area contributed by atoms with Crippen LogP contribution in [-0.4, -0.2) is 35.9 Å². The number of esters is 1. The molecule has 37 heavy (non-hydrogen) atoms. The summed E-state index contributed by atoms with van der Waals surface area (Å²) in [6, 6.07) is 27.0. The van der Waals surface area contributed by atoms with E-state index in [1.54, 1.807) is 37.3 Å². The number of carbonyl (C=O) groups is 2. The predicted molar refractivity (Wildman–Crippen MR) is 147 cm³/mol. The van der Waals surface area contributed by atoms with Crippen LogP contribution in [0.25, 0.3) is 16.9 Å². The van der Waals surface area contributed by atoms with Crippen molar-refractivity contribution in [1.29, 1.82) is 0 Å². The van der Waals surface area contributed by atoms with Crippen LogP contribution in [0.1, 0.15) is 28.5 Å². The van der Waals surface area contributed by atoms with Crippen molar-refractivity contribution >= 4 is 34.0 Å². The van der Waals surface area contributed by atoms with Gasteiger partial charge in [0.2, 0.25) is 0 Å². The van der Waals surface area contributed by atoms with Crippen LogP contribution in [0.3, 0.4) is 0 Å². The zero-order chi connectivity index (χ0) is 26.2. The second-order valence-corrected chi connectivity index (χ2v) is 8.95. The third-order valence-corrected chi connectivity index (χ3v) is 6.14. The Bertz CT molecular complexity index is 1410. The number of halogens is 1. The lowest BCUT2D eigenvalue weighted by atomic mass is 10.1. The number of benzene rings is 3. The van der Waals surface area contributed by atoms with Crippen LogP contribution in [0.15, 0.2) is 94.5 Å². The first kappa shape index (κ1) is 25.9. The lowest BCUT2D eigenvalue weighted by Gasteiger charge is -2.12. The molecule has 0 unspecified atom stereocenters. The van der Waals surface area contributed by atoms with Crippen molar-refractivity contribution in [2.45, 2.75) is 13.8 Å². The molecule has 0 atom stereocenters. The number of nitrogens with zero attached hydrogens (tertiary/aromatic N) is 2. The maximum Gasteiger partial charge on any atom is 0.344 e. The average molecular weight is 560 g/mol. The summed E-state index contributed by atoms with van der Waals surface area (Å²) in [5.41, 5.74) is 8.07. The van der Waals surface area contributed by atoms with E-state index in [-0.39, 0.29) is 12.5 Å². The van der Waals surface area contributed by atoms with Crippen LogP contribution in [0.5, 0.6) is 5.75 Å². The van der Waals surface area contributed by atoms with Crippen LogP contribution in [-0.2, 0) is 9.53 Å². The zero-order valence-corrected chi connectivity index (χ0v) is 22.1. The summed E-state index contributed by atoms with van der Waals surface area (Å²) in [6.45, 7) is 3.92. The number of hydrogen-bond acceptors (Lipinski definition) is 5. The summed E-state index contributed by atoms with van der Waals surface area (Å²) in [4.78, 5) is 24.1. The molecule has 1 amide bonds. The number of nitrogens with one attached hydrogen (secondary N) is 1. The van der Waals surface area contributed by atoms with Gasteiger partial charge in [0.25, 0.3) is 5.91 Å². The normalized spacial score (nSPS) is 10.9. The highest BCUT2D eigenvalue weighted by Gasteiger charge is 2.11. The van der Waals surface area contributed by atoms with Gasteiger partial charge in [0.05, 0.1) is 23.0 Å². The van der Waals surface area contributed by atoms with E-state index in [1.807, 2.05) is 30.3 Å². The molecule has 0 aliphatic rings. The molecular weight excluding hydrogens is 534 g/mol. The standard InChI is InChI=1S/C29H26BrN3O4/c1-3-36-28(34)19-37-27-16-10-21(17-25(27)30)18-31-32-29(35)23-11-13-24(14-12-23)33-20(2)9-15-26(33)22-7-5-4-6-8-22/h4-18H,3,19H2,1-2H3,(H,32,35)/b31-18+. The zero-order valence-electron chi connectivity index (χ0n) is 20.5. The first-order chi connectivity index (χ1) is 18.0. The molecule has 4 rings (SSSR count). The largest absolute Gasteiger partial charge is 0.481 e. The molecule has 0 saturated carbocycles. The number of hydrogen-bond donors (Lipinski definition) is 1. The van der Waals surface area contributed by atoms with Crippen molar-refractivity contribution < 1.29 is 19.1 Å². The summed E-state index contributed by atoms with van der Waals surface area (Å²) < 4.78 is 13.1. The Morgan fingerprint density at radius 3 is 2.46 bits per heavy atom. The molecule has 8 heteroatoms. The molecule has 0 bridgehead atoms. The predicted octanol–water partition coefficient (Wildman–Crippen LogP) is 5.92. The van der Waals surface area contributed by atoms with Crippen LogP contribution < -0.4 is 10.2 Å². The highest BCUT2D eigenvalue weighted by molar-refractivity contribution is 9.10. The molecule has 1 N–H and O–H groups in total. The number of aryl methyl sites for hydroxylation is 1. The van der Waals surface area contributed by atoms with Gasteiger partial charge >= 0.3 is 5.97 Å². The molecule has 188 valence electrons. The minimum Gasteiger partial charge on any atom is -0.481 e. The Morgan fingerprint density at radius 1 is 1.00 bits per heavy atom. The van der Waals surface area contributed by atoms with Crippen LogP contribution in [0.2, 0.25) is 0 Å².